The lowest BCUT2D eigenvalue weighted by molar-refractivity contribution is -0.121. The van der Waals surface area contributed by atoms with Crippen molar-refractivity contribution in [3.8, 4) is 0 Å². The van der Waals surface area contributed by atoms with Crippen LogP contribution in [0.3, 0.4) is 0 Å². The van der Waals surface area contributed by atoms with E-state index in [1.165, 1.54) is 11.1 Å². The molecule has 3 rings (SSSR count). The van der Waals surface area contributed by atoms with E-state index in [4.69, 9.17) is 0 Å². The van der Waals surface area contributed by atoms with E-state index in [0.717, 1.165) is 23.2 Å². The molecule has 0 unspecified atom stereocenters. The summed E-state index contributed by atoms with van der Waals surface area (Å²) < 4.78 is 0. The number of rotatable bonds is 11. The van der Waals surface area contributed by atoms with Gasteiger partial charge in [-0.15, -0.1) is 0 Å². The first-order chi connectivity index (χ1) is 16.5. The van der Waals surface area contributed by atoms with Crippen LogP contribution in [0.4, 0.5) is 5.69 Å². The molecule has 0 radical (unpaired) electrons. The van der Waals surface area contributed by atoms with Crippen molar-refractivity contribution < 1.29 is 9.59 Å². The van der Waals surface area contributed by atoms with Crippen LogP contribution in [0.5, 0.6) is 0 Å². The minimum Gasteiger partial charge on any atom is -0.356 e. The molecule has 0 spiro atoms. The number of carbonyl (C=O) groups is 2. The molecule has 3 aromatic carbocycles. The summed E-state index contributed by atoms with van der Waals surface area (Å²) in [7, 11) is 0. The zero-order chi connectivity index (χ0) is 24.2. The van der Waals surface area contributed by atoms with E-state index >= 15 is 0 Å². The third kappa shape index (κ3) is 8.70. The molecule has 3 aromatic rings. The number of anilines is 1. The average molecular weight is 455 g/mol. The number of carbonyl (C=O) groups excluding carboxylic acids is 2. The first-order valence-electron chi connectivity index (χ1n) is 12.0. The minimum absolute atomic E-state index is 0.0128. The summed E-state index contributed by atoms with van der Waals surface area (Å²) in [6.07, 6.45) is 6.10. The maximum atomic E-state index is 12.2. The fourth-order valence-electron chi connectivity index (χ4n) is 3.57. The zero-order valence-corrected chi connectivity index (χ0v) is 20.1. The summed E-state index contributed by atoms with van der Waals surface area (Å²) in [5, 5.41) is 5.84. The van der Waals surface area contributed by atoms with E-state index in [1.54, 1.807) is 0 Å². The number of nitrogens with one attached hydrogen (secondary N) is 2. The van der Waals surface area contributed by atoms with E-state index in [2.05, 4.69) is 67.0 Å². The van der Waals surface area contributed by atoms with Gasteiger partial charge in [-0.3, -0.25) is 9.59 Å². The summed E-state index contributed by atoms with van der Waals surface area (Å²) in [5.74, 6) is 0.430. The van der Waals surface area contributed by atoms with E-state index < -0.39 is 0 Å². The van der Waals surface area contributed by atoms with Crippen molar-refractivity contribution in [2.45, 2.75) is 45.4 Å². The van der Waals surface area contributed by atoms with Crippen LogP contribution in [0.2, 0.25) is 0 Å². The summed E-state index contributed by atoms with van der Waals surface area (Å²) >= 11 is 0. The van der Waals surface area contributed by atoms with Crippen molar-refractivity contribution in [3.05, 3.63) is 101 Å². The van der Waals surface area contributed by atoms with Crippen molar-refractivity contribution in [1.82, 2.24) is 5.32 Å². The van der Waals surface area contributed by atoms with Gasteiger partial charge in [0.05, 0.1) is 0 Å². The van der Waals surface area contributed by atoms with Crippen LogP contribution in [-0.2, 0) is 16.0 Å². The molecular weight excluding hydrogens is 420 g/mol. The van der Waals surface area contributed by atoms with Gasteiger partial charge in [-0.2, -0.15) is 0 Å². The largest absolute Gasteiger partial charge is 0.356 e. The molecule has 0 bridgehead atoms. The third-order valence-corrected chi connectivity index (χ3v) is 5.65. The second-order valence-corrected chi connectivity index (χ2v) is 8.76. The van der Waals surface area contributed by atoms with Crippen LogP contribution in [0, 0.1) is 0 Å². The first-order valence-corrected chi connectivity index (χ1v) is 12.0. The minimum atomic E-state index is -0.0781. The Bertz CT molecular complexity index is 1070. The second kappa shape index (κ2) is 13.1. The molecule has 176 valence electrons. The Morgan fingerprint density at radius 1 is 0.765 bits per heavy atom. The Hall–Kier alpha value is -3.66. The number of hydrogen-bond donors (Lipinski definition) is 2. The van der Waals surface area contributed by atoms with Crippen LogP contribution in [0.1, 0.15) is 61.3 Å². The molecule has 0 atom stereocenters. The summed E-state index contributed by atoms with van der Waals surface area (Å²) in [4.78, 5) is 24.3. The molecule has 34 heavy (non-hydrogen) atoms. The quantitative estimate of drug-likeness (QED) is 0.327. The van der Waals surface area contributed by atoms with Crippen molar-refractivity contribution in [2.75, 3.05) is 11.9 Å². The van der Waals surface area contributed by atoms with E-state index in [1.807, 2.05) is 48.5 Å². The molecule has 4 nitrogen and oxygen atoms in total. The smallest absolute Gasteiger partial charge is 0.224 e. The molecule has 0 aliphatic heterocycles. The van der Waals surface area contributed by atoms with Crippen molar-refractivity contribution in [1.29, 1.82) is 0 Å². The topological polar surface area (TPSA) is 58.2 Å². The molecule has 0 heterocycles. The van der Waals surface area contributed by atoms with Crippen LogP contribution >= 0.6 is 0 Å². The molecule has 0 saturated heterocycles. The van der Waals surface area contributed by atoms with Crippen LogP contribution in [0.15, 0.2) is 78.9 Å². The second-order valence-electron chi connectivity index (χ2n) is 8.76. The Morgan fingerprint density at radius 3 is 2.03 bits per heavy atom. The van der Waals surface area contributed by atoms with Gasteiger partial charge in [0, 0.05) is 25.1 Å². The predicted octanol–water partition coefficient (Wildman–Crippen LogP) is 6.45. The van der Waals surface area contributed by atoms with Crippen LogP contribution in [0.25, 0.3) is 12.2 Å². The van der Waals surface area contributed by atoms with Crippen LogP contribution < -0.4 is 10.6 Å². The Kier molecular flexibility index (Phi) is 9.65. The Labute approximate surface area is 203 Å². The highest BCUT2D eigenvalue weighted by atomic mass is 16.2. The standard InChI is InChI=1S/C30H34N2O2/c1-23(2)27-17-13-26(14-18-27)21-22-31-29(33)9-6-10-30(34)32-28-19-15-25(16-20-28)12-11-24-7-4-3-5-8-24/h3-5,7-8,11-20,23H,6,9-10,21-22H2,1-2H3,(H,31,33)(H,32,34)/b12-11+. The molecule has 0 aliphatic carbocycles. The molecule has 0 saturated carbocycles. The fraction of sp³-hybridized carbons (Fsp3) is 0.267. The SMILES string of the molecule is CC(C)c1ccc(CCNC(=O)CCCC(=O)Nc2ccc(/C=C/c3ccccc3)cc2)cc1. The van der Waals surface area contributed by atoms with Gasteiger partial charge >= 0.3 is 0 Å². The van der Waals surface area contributed by atoms with Crippen molar-refractivity contribution in [3.63, 3.8) is 0 Å². The van der Waals surface area contributed by atoms with Gasteiger partial charge in [0.2, 0.25) is 11.8 Å². The molecule has 0 aliphatic rings. The lowest BCUT2D eigenvalue weighted by Gasteiger charge is -2.08. The Morgan fingerprint density at radius 2 is 1.38 bits per heavy atom. The van der Waals surface area contributed by atoms with Crippen molar-refractivity contribution in [2.24, 2.45) is 0 Å². The van der Waals surface area contributed by atoms with Crippen LogP contribution in [-0.4, -0.2) is 18.4 Å². The molecular formula is C30H34N2O2. The lowest BCUT2D eigenvalue weighted by Crippen LogP contribution is -2.25. The number of benzene rings is 3. The monoisotopic (exact) mass is 454 g/mol. The zero-order valence-electron chi connectivity index (χ0n) is 20.1. The normalized spacial score (nSPS) is 11.0. The first kappa shape index (κ1) is 25.0. The highest BCUT2D eigenvalue weighted by Crippen LogP contribution is 2.15. The summed E-state index contributed by atoms with van der Waals surface area (Å²) in [6.45, 7) is 4.96. The summed E-state index contributed by atoms with van der Waals surface area (Å²) in [6, 6.07) is 26.4. The maximum absolute atomic E-state index is 12.2. The van der Waals surface area contributed by atoms with Gasteiger partial charge in [0.1, 0.15) is 0 Å². The maximum Gasteiger partial charge on any atom is 0.224 e. The summed E-state index contributed by atoms with van der Waals surface area (Å²) in [5.41, 5.74) is 5.50. The van der Waals surface area contributed by atoms with E-state index in [9.17, 15) is 9.59 Å². The lowest BCUT2D eigenvalue weighted by atomic mass is 10.0. The molecule has 2 N–H and O–H groups in total. The molecule has 0 fully saturated rings. The predicted molar refractivity (Wildman–Crippen MR) is 142 cm³/mol. The highest BCUT2D eigenvalue weighted by molar-refractivity contribution is 5.91. The number of hydrogen-bond acceptors (Lipinski definition) is 2. The van der Waals surface area contributed by atoms with Gasteiger partial charge in [0.25, 0.3) is 0 Å². The molecule has 0 aromatic heterocycles. The van der Waals surface area contributed by atoms with Gasteiger partial charge < -0.3 is 10.6 Å². The molecule has 2 amide bonds. The number of amides is 2. The average Bonchev–Trinajstić information content (AvgIpc) is 2.84. The van der Waals surface area contributed by atoms with Crippen molar-refractivity contribution >= 4 is 29.7 Å². The third-order valence-electron chi connectivity index (χ3n) is 5.65. The van der Waals surface area contributed by atoms with E-state index in [-0.39, 0.29) is 11.8 Å². The molecule has 4 heteroatoms. The van der Waals surface area contributed by atoms with Gasteiger partial charge in [-0.25, -0.2) is 0 Å². The van der Waals surface area contributed by atoms with Gasteiger partial charge in [0.15, 0.2) is 0 Å². The van der Waals surface area contributed by atoms with Gasteiger partial charge in [-0.1, -0.05) is 92.7 Å². The van der Waals surface area contributed by atoms with Gasteiger partial charge in [-0.05, 0) is 53.1 Å². The highest BCUT2D eigenvalue weighted by Gasteiger charge is 2.06. The van der Waals surface area contributed by atoms with E-state index in [0.29, 0.717) is 31.7 Å². The fourth-order valence-corrected chi connectivity index (χ4v) is 3.57. The Balaban J connectivity index is 1.31.